The van der Waals surface area contributed by atoms with Crippen molar-refractivity contribution in [3.8, 4) is 0 Å². The summed E-state index contributed by atoms with van der Waals surface area (Å²) < 4.78 is 2.13. The van der Waals surface area contributed by atoms with Crippen molar-refractivity contribution in [3.63, 3.8) is 0 Å². The van der Waals surface area contributed by atoms with E-state index in [-0.39, 0.29) is 0 Å². The van der Waals surface area contributed by atoms with E-state index in [4.69, 9.17) is 5.73 Å². The van der Waals surface area contributed by atoms with E-state index in [0.717, 1.165) is 12.2 Å². The number of rotatable bonds is 4. The van der Waals surface area contributed by atoms with E-state index in [1.54, 1.807) is 12.4 Å². The molecule has 4 nitrogen and oxygen atoms in total. The van der Waals surface area contributed by atoms with Crippen molar-refractivity contribution in [2.75, 3.05) is 6.54 Å². The number of hydrogen-bond donors (Lipinski definition) is 1. The van der Waals surface area contributed by atoms with Crippen molar-refractivity contribution in [2.45, 2.75) is 13.0 Å². The Bertz CT molecular complexity index is 408. The standard InChI is InChI=1S/C11H14N4/c12-5-4-10-3-1-8-15(10)9-11-13-6-2-7-14-11/h1-3,6-8H,4-5,9,12H2. The van der Waals surface area contributed by atoms with E-state index in [9.17, 15) is 0 Å². The minimum atomic E-state index is 0.666. The van der Waals surface area contributed by atoms with Crippen LogP contribution in [0.3, 0.4) is 0 Å². The van der Waals surface area contributed by atoms with Crippen LogP contribution in [0.15, 0.2) is 36.8 Å². The van der Waals surface area contributed by atoms with Crippen LogP contribution in [-0.2, 0) is 13.0 Å². The van der Waals surface area contributed by atoms with Gasteiger partial charge in [-0.2, -0.15) is 0 Å². The van der Waals surface area contributed by atoms with E-state index in [2.05, 4.69) is 20.6 Å². The molecule has 0 aliphatic carbocycles. The molecule has 0 unspecified atom stereocenters. The molecular formula is C11H14N4. The number of nitrogens with two attached hydrogens (primary N) is 1. The molecule has 0 aliphatic heterocycles. The third-order valence-electron chi connectivity index (χ3n) is 2.26. The minimum absolute atomic E-state index is 0.666. The maximum absolute atomic E-state index is 5.54. The second-order valence-electron chi connectivity index (χ2n) is 3.33. The maximum Gasteiger partial charge on any atom is 0.147 e. The average molecular weight is 202 g/mol. The van der Waals surface area contributed by atoms with Gasteiger partial charge in [0.2, 0.25) is 0 Å². The van der Waals surface area contributed by atoms with E-state index in [0.29, 0.717) is 13.1 Å². The summed E-state index contributed by atoms with van der Waals surface area (Å²) in [7, 11) is 0. The highest BCUT2D eigenvalue weighted by molar-refractivity contribution is 5.09. The maximum atomic E-state index is 5.54. The van der Waals surface area contributed by atoms with Crippen LogP contribution in [0.25, 0.3) is 0 Å². The van der Waals surface area contributed by atoms with Gasteiger partial charge in [0.15, 0.2) is 0 Å². The first kappa shape index (κ1) is 9.86. The first-order valence-electron chi connectivity index (χ1n) is 5.00. The van der Waals surface area contributed by atoms with Crippen LogP contribution in [0, 0.1) is 0 Å². The fourth-order valence-electron chi connectivity index (χ4n) is 1.54. The van der Waals surface area contributed by atoms with Gasteiger partial charge in [0, 0.05) is 24.3 Å². The van der Waals surface area contributed by atoms with Crippen LogP contribution in [0.4, 0.5) is 0 Å². The van der Waals surface area contributed by atoms with Gasteiger partial charge in [-0.1, -0.05) is 0 Å². The van der Waals surface area contributed by atoms with E-state index >= 15 is 0 Å². The molecule has 78 valence electrons. The van der Waals surface area contributed by atoms with Gasteiger partial charge >= 0.3 is 0 Å². The largest absolute Gasteiger partial charge is 0.344 e. The molecule has 0 fully saturated rings. The fraction of sp³-hybridized carbons (Fsp3) is 0.273. The fourth-order valence-corrected chi connectivity index (χ4v) is 1.54. The molecule has 0 aliphatic rings. The minimum Gasteiger partial charge on any atom is -0.344 e. The highest BCUT2D eigenvalue weighted by atomic mass is 15.0. The summed E-state index contributed by atoms with van der Waals surface area (Å²) in [5.41, 5.74) is 6.76. The Morgan fingerprint density at radius 2 is 2.00 bits per heavy atom. The predicted octanol–water partition coefficient (Wildman–Crippen LogP) is 0.828. The summed E-state index contributed by atoms with van der Waals surface area (Å²) in [5, 5.41) is 0. The zero-order chi connectivity index (χ0) is 10.5. The molecule has 0 bridgehead atoms. The Morgan fingerprint density at radius 3 is 2.73 bits per heavy atom. The Labute approximate surface area is 88.8 Å². The molecule has 2 aromatic heterocycles. The highest BCUT2D eigenvalue weighted by Gasteiger charge is 2.01. The van der Waals surface area contributed by atoms with Crippen molar-refractivity contribution in [1.29, 1.82) is 0 Å². The molecule has 0 radical (unpaired) electrons. The van der Waals surface area contributed by atoms with E-state index in [1.165, 1.54) is 5.69 Å². The van der Waals surface area contributed by atoms with Gasteiger partial charge in [0.25, 0.3) is 0 Å². The van der Waals surface area contributed by atoms with Crippen LogP contribution < -0.4 is 5.73 Å². The molecule has 15 heavy (non-hydrogen) atoms. The summed E-state index contributed by atoms with van der Waals surface area (Å²) >= 11 is 0. The topological polar surface area (TPSA) is 56.7 Å². The molecule has 0 atom stereocenters. The van der Waals surface area contributed by atoms with Gasteiger partial charge in [0.1, 0.15) is 5.82 Å². The zero-order valence-electron chi connectivity index (χ0n) is 8.50. The van der Waals surface area contributed by atoms with E-state index in [1.807, 2.05) is 18.3 Å². The Hall–Kier alpha value is -1.68. The molecule has 2 rings (SSSR count). The molecule has 4 heteroatoms. The van der Waals surface area contributed by atoms with Crippen molar-refractivity contribution in [2.24, 2.45) is 5.73 Å². The summed E-state index contributed by atoms with van der Waals surface area (Å²) in [6.07, 6.45) is 6.43. The van der Waals surface area contributed by atoms with Crippen LogP contribution in [0.2, 0.25) is 0 Å². The van der Waals surface area contributed by atoms with Crippen LogP contribution >= 0.6 is 0 Å². The molecular weight excluding hydrogens is 188 g/mol. The Kier molecular flexibility index (Phi) is 3.09. The van der Waals surface area contributed by atoms with Crippen LogP contribution in [0.1, 0.15) is 11.5 Å². The first-order chi connectivity index (χ1) is 7.40. The third kappa shape index (κ3) is 2.41. The molecule has 0 saturated heterocycles. The van der Waals surface area contributed by atoms with Gasteiger partial charge < -0.3 is 10.3 Å². The van der Waals surface area contributed by atoms with Crippen molar-refractivity contribution < 1.29 is 0 Å². The first-order valence-corrected chi connectivity index (χ1v) is 5.00. The van der Waals surface area contributed by atoms with E-state index < -0.39 is 0 Å². The lowest BCUT2D eigenvalue weighted by atomic mass is 10.3. The lowest BCUT2D eigenvalue weighted by Gasteiger charge is -2.06. The van der Waals surface area contributed by atoms with Gasteiger partial charge in [-0.3, -0.25) is 0 Å². The van der Waals surface area contributed by atoms with Crippen LogP contribution in [-0.4, -0.2) is 21.1 Å². The van der Waals surface area contributed by atoms with Gasteiger partial charge in [-0.15, -0.1) is 0 Å². The molecule has 2 heterocycles. The highest BCUT2D eigenvalue weighted by Crippen LogP contribution is 2.04. The summed E-state index contributed by atoms with van der Waals surface area (Å²) in [6, 6.07) is 5.92. The van der Waals surface area contributed by atoms with Crippen molar-refractivity contribution >= 4 is 0 Å². The number of hydrogen-bond acceptors (Lipinski definition) is 3. The molecule has 0 saturated carbocycles. The Morgan fingerprint density at radius 1 is 1.20 bits per heavy atom. The van der Waals surface area contributed by atoms with Crippen molar-refractivity contribution in [3.05, 3.63) is 48.3 Å². The second kappa shape index (κ2) is 4.70. The quantitative estimate of drug-likeness (QED) is 0.798. The zero-order valence-corrected chi connectivity index (χ0v) is 8.50. The lowest BCUT2D eigenvalue weighted by molar-refractivity contribution is 0.701. The lowest BCUT2D eigenvalue weighted by Crippen LogP contribution is -2.10. The smallest absolute Gasteiger partial charge is 0.147 e. The van der Waals surface area contributed by atoms with Gasteiger partial charge in [-0.05, 0) is 31.2 Å². The molecule has 2 N–H and O–H groups in total. The van der Waals surface area contributed by atoms with Crippen LogP contribution in [0.5, 0.6) is 0 Å². The van der Waals surface area contributed by atoms with Crippen molar-refractivity contribution in [1.82, 2.24) is 14.5 Å². The average Bonchev–Trinajstić information content (AvgIpc) is 2.68. The Balaban J connectivity index is 2.14. The second-order valence-corrected chi connectivity index (χ2v) is 3.33. The van der Waals surface area contributed by atoms with Gasteiger partial charge in [-0.25, -0.2) is 9.97 Å². The molecule has 2 aromatic rings. The van der Waals surface area contributed by atoms with Gasteiger partial charge in [0.05, 0.1) is 6.54 Å². The monoisotopic (exact) mass is 202 g/mol. The molecule has 0 amide bonds. The summed E-state index contributed by atoms with van der Waals surface area (Å²) in [6.45, 7) is 1.38. The normalized spacial score (nSPS) is 10.5. The molecule has 0 aromatic carbocycles. The number of aromatic nitrogens is 3. The predicted molar refractivity (Wildman–Crippen MR) is 58.3 cm³/mol. The molecule has 0 spiro atoms. The third-order valence-corrected chi connectivity index (χ3v) is 2.26. The SMILES string of the molecule is NCCc1cccn1Cc1ncccn1. The summed E-state index contributed by atoms with van der Waals surface area (Å²) in [4.78, 5) is 8.38. The number of nitrogens with zero attached hydrogens (tertiary/aromatic N) is 3. The summed E-state index contributed by atoms with van der Waals surface area (Å²) in [5.74, 6) is 0.826.